The van der Waals surface area contributed by atoms with E-state index in [0.29, 0.717) is 23.7 Å². The number of benzene rings is 1. The molecule has 0 aromatic heterocycles. The van der Waals surface area contributed by atoms with Gasteiger partial charge in [-0.1, -0.05) is 12.7 Å². The largest absolute Gasteiger partial charge is 0.495 e. The third-order valence-electron chi connectivity index (χ3n) is 2.23. The lowest BCUT2D eigenvalue weighted by Crippen LogP contribution is -2.06. The van der Waals surface area contributed by atoms with Gasteiger partial charge in [0.05, 0.1) is 16.2 Å². The molecule has 0 fully saturated rings. The lowest BCUT2D eigenvalue weighted by atomic mass is 10.1. The number of rotatable bonds is 5. The molecule has 0 aliphatic carbocycles. The van der Waals surface area contributed by atoms with Gasteiger partial charge in [0.25, 0.3) is 0 Å². The van der Waals surface area contributed by atoms with Crippen LogP contribution < -0.4 is 9.47 Å². The zero-order chi connectivity index (χ0) is 13.0. The van der Waals surface area contributed by atoms with E-state index in [0.717, 1.165) is 3.57 Å². The smallest absolute Gasteiger partial charge is 0.336 e. The molecule has 92 valence electrons. The van der Waals surface area contributed by atoms with Gasteiger partial charge in [0.2, 0.25) is 0 Å². The van der Waals surface area contributed by atoms with Crippen LogP contribution in [0.4, 0.5) is 0 Å². The maximum absolute atomic E-state index is 11.1. The summed E-state index contributed by atoms with van der Waals surface area (Å²) in [5.41, 5.74) is 0.769. The monoisotopic (exact) mass is 348 g/mol. The van der Waals surface area contributed by atoms with Gasteiger partial charge >= 0.3 is 5.97 Å². The molecule has 1 rings (SSSR count). The molecule has 1 N–H and O–H groups in total. The van der Waals surface area contributed by atoms with Crippen LogP contribution in [0.25, 0.3) is 0 Å². The van der Waals surface area contributed by atoms with Crippen molar-refractivity contribution in [3.8, 4) is 11.5 Å². The van der Waals surface area contributed by atoms with Gasteiger partial charge < -0.3 is 14.6 Å². The lowest BCUT2D eigenvalue weighted by molar-refractivity contribution is 0.0695. The fourth-order valence-electron chi connectivity index (χ4n) is 1.39. The number of ether oxygens (including phenoxy) is 2. The van der Waals surface area contributed by atoms with Crippen LogP contribution in [0.2, 0.25) is 0 Å². The van der Waals surface area contributed by atoms with Crippen molar-refractivity contribution >= 4 is 28.6 Å². The molecule has 0 bridgehead atoms. The topological polar surface area (TPSA) is 55.8 Å². The summed E-state index contributed by atoms with van der Waals surface area (Å²) in [5, 5.41) is 9.09. The highest BCUT2D eigenvalue weighted by Crippen LogP contribution is 2.35. The highest BCUT2D eigenvalue weighted by molar-refractivity contribution is 14.1. The third kappa shape index (κ3) is 2.91. The first-order valence-corrected chi connectivity index (χ1v) is 5.94. The number of carboxylic acids is 1. The Morgan fingerprint density at radius 3 is 2.76 bits per heavy atom. The second kappa shape index (κ2) is 5.90. The molecular formula is C12H13IO4. The summed E-state index contributed by atoms with van der Waals surface area (Å²) in [6.07, 6.45) is 1.61. The number of hydrogen-bond acceptors (Lipinski definition) is 3. The average molecular weight is 348 g/mol. The fourth-order valence-corrected chi connectivity index (χ4v) is 2.32. The maximum Gasteiger partial charge on any atom is 0.336 e. The summed E-state index contributed by atoms with van der Waals surface area (Å²) in [4.78, 5) is 11.1. The van der Waals surface area contributed by atoms with E-state index < -0.39 is 5.97 Å². The molecule has 0 saturated heterocycles. The number of methoxy groups -OCH3 is 1. The molecule has 0 amide bonds. The van der Waals surface area contributed by atoms with E-state index in [2.05, 4.69) is 29.2 Å². The summed E-state index contributed by atoms with van der Waals surface area (Å²) >= 11 is 2.07. The first-order valence-electron chi connectivity index (χ1n) is 4.87. The molecule has 0 unspecified atom stereocenters. The van der Waals surface area contributed by atoms with Crippen molar-refractivity contribution in [3.05, 3.63) is 33.4 Å². The molecular weight excluding hydrogens is 335 g/mol. The summed E-state index contributed by atoms with van der Waals surface area (Å²) in [7, 11) is 1.50. The van der Waals surface area contributed by atoms with Gasteiger partial charge in [0.1, 0.15) is 18.1 Å². The van der Waals surface area contributed by atoms with E-state index >= 15 is 0 Å². The van der Waals surface area contributed by atoms with Gasteiger partial charge in [0, 0.05) is 5.56 Å². The summed E-state index contributed by atoms with van der Waals surface area (Å²) < 4.78 is 11.4. The number of hydrogen-bond donors (Lipinski definition) is 1. The Hall–Kier alpha value is -1.24. The van der Waals surface area contributed by atoms with Crippen LogP contribution in [0.15, 0.2) is 18.7 Å². The van der Waals surface area contributed by atoms with Crippen molar-refractivity contribution < 1.29 is 19.4 Å². The molecule has 0 aliphatic rings. The zero-order valence-corrected chi connectivity index (χ0v) is 11.8. The van der Waals surface area contributed by atoms with E-state index in [1.807, 2.05) is 0 Å². The lowest BCUT2D eigenvalue weighted by Gasteiger charge is -2.15. The molecule has 1 aromatic carbocycles. The van der Waals surface area contributed by atoms with Crippen LogP contribution in [0.1, 0.15) is 15.9 Å². The van der Waals surface area contributed by atoms with E-state index in [9.17, 15) is 4.79 Å². The molecule has 1 aromatic rings. The fraction of sp³-hybridized carbons (Fsp3) is 0.250. The van der Waals surface area contributed by atoms with Crippen molar-refractivity contribution in [2.75, 3.05) is 13.7 Å². The Morgan fingerprint density at radius 2 is 2.29 bits per heavy atom. The number of carbonyl (C=O) groups is 1. The minimum absolute atomic E-state index is 0.182. The minimum Gasteiger partial charge on any atom is -0.495 e. The van der Waals surface area contributed by atoms with Crippen molar-refractivity contribution in [2.24, 2.45) is 0 Å². The number of carboxylic acid groups (broad SMARTS) is 1. The summed E-state index contributed by atoms with van der Waals surface area (Å²) in [5.74, 6) is 0.0237. The van der Waals surface area contributed by atoms with E-state index in [1.54, 1.807) is 13.0 Å². The second-order valence-electron chi connectivity index (χ2n) is 3.30. The molecule has 5 heteroatoms. The normalized spacial score (nSPS) is 9.82. The Kier molecular flexibility index (Phi) is 4.80. The quantitative estimate of drug-likeness (QED) is 0.657. The van der Waals surface area contributed by atoms with Gasteiger partial charge in [-0.15, -0.1) is 0 Å². The summed E-state index contributed by atoms with van der Waals surface area (Å²) in [6.45, 7) is 5.59. The second-order valence-corrected chi connectivity index (χ2v) is 4.38. The van der Waals surface area contributed by atoms with Crippen LogP contribution in [-0.2, 0) is 0 Å². The van der Waals surface area contributed by atoms with Gasteiger partial charge in [-0.05, 0) is 35.6 Å². The summed E-state index contributed by atoms with van der Waals surface area (Å²) in [6, 6.07) is 1.50. The van der Waals surface area contributed by atoms with Gasteiger partial charge in [-0.2, -0.15) is 0 Å². The molecule has 0 spiro atoms. The van der Waals surface area contributed by atoms with E-state index in [4.69, 9.17) is 14.6 Å². The molecule has 4 nitrogen and oxygen atoms in total. The standard InChI is InChI=1S/C12H13IO4/c1-4-5-17-11-7(2)8(12(14)15)6-9(16-3)10(11)13/h4,6H,1,5H2,2-3H3,(H,14,15). The minimum atomic E-state index is -0.999. The first-order chi connectivity index (χ1) is 8.02. The van der Waals surface area contributed by atoms with Crippen LogP contribution in [0, 0.1) is 10.5 Å². The van der Waals surface area contributed by atoms with E-state index in [-0.39, 0.29) is 5.56 Å². The highest BCUT2D eigenvalue weighted by Gasteiger charge is 2.19. The van der Waals surface area contributed by atoms with Crippen LogP contribution in [0.3, 0.4) is 0 Å². The number of halogens is 1. The molecule has 17 heavy (non-hydrogen) atoms. The van der Waals surface area contributed by atoms with Crippen molar-refractivity contribution in [1.29, 1.82) is 0 Å². The number of aromatic carboxylic acids is 1. The Bertz CT molecular complexity index is 454. The van der Waals surface area contributed by atoms with Crippen molar-refractivity contribution in [2.45, 2.75) is 6.92 Å². The van der Waals surface area contributed by atoms with Gasteiger partial charge in [-0.25, -0.2) is 4.79 Å². The highest BCUT2D eigenvalue weighted by atomic mass is 127. The van der Waals surface area contributed by atoms with Crippen molar-refractivity contribution in [3.63, 3.8) is 0 Å². The van der Waals surface area contributed by atoms with Gasteiger partial charge in [-0.3, -0.25) is 0 Å². The Labute approximate surface area is 113 Å². The molecule has 0 aliphatic heterocycles. The first kappa shape index (κ1) is 13.8. The Balaban J connectivity index is 3.38. The van der Waals surface area contributed by atoms with Crippen LogP contribution in [0.5, 0.6) is 11.5 Å². The van der Waals surface area contributed by atoms with Crippen LogP contribution >= 0.6 is 22.6 Å². The molecule has 0 atom stereocenters. The predicted octanol–water partition coefficient (Wildman–Crippen LogP) is 2.87. The molecule has 0 radical (unpaired) electrons. The average Bonchev–Trinajstić information content (AvgIpc) is 2.29. The zero-order valence-electron chi connectivity index (χ0n) is 9.62. The maximum atomic E-state index is 11.1. The SMILES string of the molecule is C=CCOc1c(C)c(C(=O)O)cc(OC)c1I. The van der Waals surface area contributed by atoms with Crippen molar-refractivity contribution in [1.82, 2.24) is 0 Å². The Morgan fingerprint density at radius 1 is 1.65 bits per heavy atom. The molecule has 0 heterocycles. The molecule has 0 saturated carbocycles. The van der Waals surface area contributed by atoms with Crippen LogP contribution in [-0.4, -0.2) is 24.8 Å². The predicted molar refractivity (Wildman–Crippen MR) is 73.1 cm³/mol. The van der Waals surface area contributed by atoms with E-state index in [1.165, 1.54) is 13.2 Å². The third-order valence-corrected chi connectivity index (χ3v) is 3.25. The van der Waals surface area contributed by atoms with Gasteiger partial charge in [0.15, 0.2) is 0 Å².